The first-order valence-electron chi connectivity index (χ1n) is 10.6. The van der Waals surface area contributed by atoms with Crippen molar-refractivity contribution in [3.63, 3.8) is 0 Å². The number of likely N-dealkylation sites (N-methyl/N-ethyl adjacent to an activating group) is 1. The van der Waals surface area contributed by atoms with E-state index in [1.54, 1.807) is 19.9 Å². The fourth-order valence-corrected chi connectivity index (χ4v) is 4.39. The summed E-state index contributed by atoms with van der Waals surface area (Å²) in [5.41, 5.74) is 4.00. The molecule has 2 aromatic carbocycles. The quantitative estimate of drug-likeness (QED) is 0.625. The molecule has 2 aromatic rings. The number of aryl methyl sites for hydroxylation is 3. The van der Waals surface area contributed by atoms with E-state index in [0.717, 1.165) is 32.8 Å². The first-order valence-corrected chi connectivity index (χ1v) is 12.5. The van der Waals surface area contributed by atoms with Gasteiger partial charge in [0.05, 0.1) is 11.9 Å². The van der Waals surface area contributed by atoms with Gasteiger partial charge in [0.15, 0.2) is 0 Å². The van der Waals surface area contributed by atoms with E-state index in [1.165, 1.54) is 4.90 Å². The van der Waals surface area contributed by atoms with Crippen LogP contribution in [0, 0.1) is 20.8 Å². The zero-order valence-electron chi connectivity index (χ0n) is 19.7. The molecule has 0 spiro atoms. The molecule has 1 atom stereocenters. The van der Waals surface area contributed by atoms with Gasteiger partial charge in [0.25, 0.3) is 0 Å². The topological polar surface area (TPSA) is 86.8 Å². The van der Waals surface area contributed by atoms with Crippen molar-refractivity contribution in [1.29, 1.82) is 0 Å². The van der Waals surface area contributed by atoms with Crippen LogP contribution >= 0.6 is 0 Å². The third-order valence-electron chi connectivity index (χ3n) is 5.27. The molecule has 2 amide bonds. The average Bonchev–Trinajstić information content (AvgIpc) is 2.71. The molecule has 0 saturated heterocycles. The van der Waals surface area contributed by atoms with Gasteiger partial charge < -0.3 is 10.2 Å². The monoisotopic (exact) mass is 459 g/mol. The fourth-order valence-electron chi connectivity index (χ4n) is 3.49. The maximum atomic E-state index is 13.4. The van der Waals surface area contributed by atoms with Crippen LogP contribution in [0.15, 0.2) is 42.5 Å². The number of hydrogen-bond donors (Lipinski definition) is 1. The van der Waals surface area contributed by atoms with E-state index in [9.17, 15) is 18.0 Å². The Morgan fingerprint density at radius 3 is 2.28 bits per heavy atom. The van der Waals surface area contributed by atoms with Crippen molar-refractivity contribution < 1.29 is 18.0 Å². The molecule has 7 nitrogen and oxygen atoms in total. The molecule has 0 heterocycles. The lowest BCUT2D eigenvalue weighted by Crippen LogP contribution is -2.51. The molecular weight excluding hydrogens is 426 g/mol. The molecule has 0 fully saturated rings. The molecule has 0 saturated carbocycles. The largest absolute Gasteiger partial charge is 0.355 e. The van der Waals surface area contributed by atoms with Crippen molar-refractivity contribution in [3.8, 4) is 0 Å². The zero-order valence-corrected chi connectivity index (χ0v) is 20.5. The van der Waals surface area contributed by atoms with Gasteiger partial charge in [0.2, 0.25) is 21.8 Å². The summed E-state index contributed by atoms with van der Waals surface area (Å²) in [5, 5.41) is 2.74. The minimum Gasteiger partial charge on any atom is -0.355 e. The summed E-state index contributed by atoms with van der Waals surface area (Å²) in [7, 11) is -3.74. The molecule has 0 bridgehead atoms. The van der Waals surface area contributed by atoms with Crippen LogP contribution in [0.5, 0.6) is 0 Å². The first-order chi connectivity index (χ1) is 14.9. The van der Waals surface area contributed by atoms with Crippen LogP contribution in [0.4, 0.5) is 5.69 Å². The highest BCUT2D eigenvalue weighted by Gasteiger charge is 2.30. The molecule has 0 aliphatic rings. The fraction of sp³-hybridized carbons (Fsp3) is 0.417. The Hall–Kier alpha value is -2.87. The van der Waals surface area contributed by atoms with E-state index in [2.05, 4.69) is 5.32 Å². The Morgan fingerprint density at radius 2 is 1.69 bits per heavy atom. The Balaban J connectivity index is 2.43. The van der Waals surface area contributed by atoms with Crippen LogP contribution in [0.2, 0.25) is 0 Å². The van der Waals surface area contributed by atoms with Crippen molar-refractivity contribution in [2.75, 3.05) is 23.7 Å². The number of amides is 2. The van der Waals surface area contributed by atoms with Crippen LogP contribution in [-0.4, -0.2) is 50.5 Å². The highest BCUT2D eigenvalue weighted by atomic mass is 32.2. The first kappa shape index (κ1) is 25.4. The summed E-state index contributed by atoms with van der Waals surface area (Å²) in [6, 6.07) is 12.4. The Bertz CT molecular complexity index is 1080. The van der Waals surface area contributed by atoms with Crippen LogP contribution in [0.25, 0.3) is 0 Å². The lowest BCUT2D eigenvalue weighted by atomic mass is 10.1. The van der Waals surface area contributed by atoms with Gasteiger partial charge in [-0.15, -0.1) is 0 Å². The molecule has 174 valence electrons. The number of rotatable bonds is 9. The van der Waals surface area contributed by atoms with Crippen LogP contribution in [0.3, 0.4) is 0 Å². The van der Waals surface area contributed by atoms with E-state index >= 15 is 0 Å². The highest BCUT2D eigenvalue weighted by molar-refractivity contribution is 7.92. The third kappa shape index (κ3) is 6.56. The van der Waals surface area contributed by atoms with E-state index in [0.29, 0.717) is 12.2 Å². The van der Waals surface area contributed by atoms with E-state index in [4.69, 9.17) is 0 Å². The Kier molecular flexibility index (Phi) is 8.44. The van der Waals surface area contributed by atoms with Gasteiger partial charge in [-0.05, 0) is 57.4 Å². The second kappa shape index (κ2) is 10.6. The zero-order chi connectivity index (χ0) is 24.1. The van der Waals surface area contributed by atoms with Crippen LogP contribution in [-0.2, 0) is 26.2 Å². The molecule has 32 heavy (non-hydrogen) atoms. The summed E-state index contributed by atoms with van der Waals surface area (Å²) in [6.07, 6.45) is 1.08. The lowest BCUT2D eigenvalue weighted by molar-refractivity contribution is -0.139. The Labute approximate surface area is 191 Å². The number of sulfonamides is 1. The minimum atomic E-state index is -3.74. The van der Waals surface area contributed by atoms with E-state index in [1.807, 2.05) is 57.2 Å². The summed E-state index contributed by atoms with van der Waals surface area (Å²) in [4.78, 5) is 27.4. The number of nitrogens with zero attached hydrogens (tertiary/aromatic N) is 2. The predicted molar refractivity (Wildman–Crippen MR) is 128 cm³/mol. The predicted octanol–water partition coefficient (Wildman–Crippen LogP) is 2.93. The molecule has 2 rings (SSSR count). The highest BCUT2D eigenvalue weighted by Crippen LogP contribution is 2.24. The van der Waals surface area contributed by atoms with E-state index < -0.39 is 28.5 Å². The molecule has 0 aromatic heterocycles. The lowest BCUT2D eigenvalue weighted by Gasteiger charge is -2.32. The molecule has 8 heteroatoms. The van der Waals surface area contributed by atoms with E-state index in [-0.39, 0.29) is 12.5 Å². The normalized spacial score (nSPS) is 12.2. The van der Waals surface area contributed by atoms with Gasteiger partial charge in [0.1, 0.15) is 12.6 Å². The number of carbonyl (C=O) groups excluding carboxylic acids is 2. The second-order valence-electron chi connectivity index (χ2n) is 8.14. The maximum Gasteiger partial charge on any atom is 0.244 e. The summed E-state index contributed by atoms with van der Waals surface area (Å²) in [5.74, 6) is -0.734. The van der Waals surface area contributed by atoms with Gasteiger partial charge in [-0.1, -0.05) is 42.0 Å². The smallest absolute Gasteiger partial charge is 0.244 e. The summed E-state index contributed by atoms with van der Waals surface area (Å²) in [6.45, 7) is 9.33. The van der Waals surface area contributed by atoms with Gasteiger partial charge in [-0.2, -0.15) is 0 Å². The molecule has 0 radical (unpaired) electrons. The second-order valence-corrected chi connectivity index (χ2v) is 10.0. The number of hydrogen-bond acceptors (Lipinski definition) is 4. The summed E-state index contributed by atoms with van der Waals surface area (Å²) < 4.78 is 26.4. The average molecular weight is 460 g/mol. The number of carbonyl (C=O) groups is 2. The molecule has 1 N–H and O–H groups in total. The number of nitrogens with one attached hydrogen (secondary N) is 1. The molecule has 0 aliphatic heterocycles. The van der Waals surface area contributed by atoms with Crippen molar-refractivity contribution in [3.05, 3.63) is 64.7 Å². The molecule has 0 unspecified atom stereocenters. The van der Waals surface area contributed by atoms with Crippen LogP contribution in [0.1, 0.15) is 36.1 Å². The Morgan fingerprint density at radius 1 is 1.03 bits per heavy atom. The number of benzene rings is 2. The van der Waals surface area contributed by atoms with Gasteiger partial charge in [-0.3, -0.25) is 13.9 Å². The van der Waals surface area contributed by atoms with Gasteiger partial charge in [0, 0.05) is 13.1 Å². The van der Waals surface area contributed by atoms with Crippen molar-refractivity contribution in [2.24, 2.45) is 0 Å². The SMILES string of the molecule is CCNC(=O)[C@@H](C)N(Cc1cccc(C)c1)C(=O)CN(c1cc(C)ccc1C)S(C)(=O)=O. The minimum absolute atomic E-state index is 0.198. The van der Waals surface area contributed by atoms with Crippen LogP contribution < -0.4 is 9.62 Å². The van der Waals surface area contributed by atoms with Crippen molar-refractivity contribution in [2.45, 2.75) is 47.2 Å². The number of anilines is 1. The molecular formula is C24H33N3O4S. The van der Waals surface area contributed by atoms with Gasteiger partial charge in [-0.25, -0.2) is 8.42 Å². The van der Waals surface area contributed by atoms with Gasteiger partial charge >= 0.3 is 0 Å². The molecule has 0 aliphatic carbocycles. The summed E-state index contributed by atoms with van der Waals surface area (Å²) >= 11 is 0. The standard InChI is InChI=1S/C24H33N3O4S/c1-7-25-24(29)20(5)26(15-21-10-8-9-17(2)13-21)23(28)16-27(32(6,30)31)22-14-18(3)11-12-19(22)4/h8-14,20H,7,15-16H2,1-6H3,(H,25,29)/t20-/m1/s1. The van der Waals surface area contributed by atoms with Crippen molar-refractivity contribution in [1.82, 2.24) is 10.2 Å². The third-order valence-corrected chi connectivity index (χ3v) is 6.39. The van der Waals surface area contributed by atoms with Crippen molar-refractivity contribution >= 4 is 27.5 Å². The maximum absolute atomic E-state index is 13.4.